The molecular weight excluding hydrogens is 248 g/mol. The molecule has 0 aliphatic heterocycles. The summed E-state index contributed by atoms with van der Waals surface area (Å²) in [6, 6.07) is 4.57. The van der Waals surface area contributed by atoms with Crippen LogP contribution in [0.5, 0.6) is 0 Å². The van der Waals surface area contributed by atoms with Crippen molar-refractivity contribution in [3.63, 3.8) is 0 Å². The zero-order chi connectivity index (χ0) is 14.0. The molecule has 0 radical (unpaired) electrons. The van der Waals surface area contributed by atoms with E-state index in [9.17, 15) is 0 Å². The van der Waals surface area contributed by atoms with Crippen LogP contribution < -0.4 is 0 Å². The normalized spacial score (nSPS) is 11.9. The van der Waals surface area contributed by atoms with Crippen molar-refractivity contribution in [1.29, 1.82) is 0 Å². The lowest BCUT2D eigenvalue weighted by Gasteiger charge is -2.29. The summed E-state index contributed by atoms with van der Waals surface area (Å²) < 4.78 is 0. The average molecular weight is 281 g/mol. The Hall–Kier alpha value is -0.300. The van der Waals surface area contributed by atoms with E-state index in [0.717, 1.165) is 0 Å². The van der Waals surface area contributed by atoms with Crippen molar-refractivity contribution in [2.45, 2.75) is 90.4 Å². The van der Waals surface area contributed by atoms with E-state index in [-0.39, 0.29) is 0 Å². The molecule has 0 aliphatic rings. The summed E-state index contributed by atoms with van der Waals surface area (Å²) in [5, 5.41) is 2.24. The molecule has 0 bridgehead atoms. The average Bonchev–Trinajstić information content (AvgIpc) is 2.95. The maximum absolute atomic E-state index is 2.50. The predicted molar refractivity (Wildman–Crippen MR) is 89.2 cm³/mol. The van der Waals surface area contributed by atoms with Gasteiger partial charge in [0, 0.05) is 10.3 Å². The number of rotatable bonds is 11. The van der Waals surface area contributed by atoms with Gasteiger partial charge in [0.15, 0.2) is 0 Å². The summed E-state index contributed by atoms with van der Waals surface area (Å²) in [7, 11) is 0. The van der Waals surface area contributed by atoms with E-state index in [4.69, 9.17) is 0 Å². The van der Waals surface area contributed by atoms with Gasteiger partial charge in [0.05, 0.1) is 0 Å². The highest BCUT2D eigenvalue weighted by Gasteiger charge is 2.26. The summed E-state index contributed by atoms with van der Waals surface area (Å²) >= 11 is 1.96. The van der Waals surface area contributed by atoms with Crippen LogP contribution in [-0.4, -0.2) is 0 Å². The van der Waals surface area contributed by atoms with Gasteiger partial charge in [-0.2, -0.15) is 0 Å². The van der Waals surface area contributed by atoms with Gasteiger partial charge in [0.2, 0.25) is 0 Å². The van der Waals surface area contributed by atoms with Crippen LogP contribution in [0.1, 0.15) is 89.9 Å². The molecule has 0 spiro atoms. The zero-order valence-electron chi connectivity index (χ0n) is 13.2. The van der Waals surface area contributed by atoms with Crippen LogP contribution in [0.4, 0.5) is 0 Å². The lowest BCUT2D eigenvalue weighted by atomic mass is 9.78. The van der Waals surface area contributed by atoms with Crippen molar-refractivity contribution >= 4 is 11.3 Å². The maximum atomic E-state index is 2.50. The van der Waals surface area contributed by atoms with Crippen LogP contribution in [0.2, 0.25) is 0 Å². The number of unbranched alkanes of at least 4 members (excludes halogenated alkanes) is 6. The molecule has 1 aromatic heterocycles. The summed E-state index contributed by atoms with van der Waals surface area (Å²) in [4.78, 5) is 1.61. The monoisotopic (exact) mass is 280 g/mol. The molecule has 0 fully saturated rings. The third kappa shape index (κ3) is 6.12. The Bertz CT molecular complexity index is 288. The summed E-state index contributed by atoms with van der Waals surface area (Å²) in [5.41, 5.74) is 0.440. The van der Waals surface area contributed by atoms with Gasteiger partial charge < -0.3 is 0 Å². The van der Waals surface area contributed by atoms with Crippen LogP contribution in [0, 0.1) is 0 Å². The molecule has 19 heavy (non-hydrogen) atoms. The Morgan fingerprint density at radius 2 is 1.47 bits per heavy atom. The second kappa shape index (κ2) is 9.58. The molecule has 1 heterocycles. The van der Waals surface area contributed by atoms with Crippen LogP contribution in [0.3, 0.4) is 0 Å². The third-order valence-electron chi connectivity index (χ3n) is 4.28. The molecule has 1 aromatic rings. The Balaban J connectivity index is 2.47. The smallest absolute Gasteiger partial charge is 0.0104 e. The molecule has 1 rings (SSSR count). The lowest BCUT2D eigenvalue weighted by molar-refractivity contribution is 0.370. The van der Waals surface area contributed by atoms with Gasteiger partial charge in [0.1, 0.15) is 0 Å². The van der Waals surface area contributed by atoms with E-state index < -0.39 is 0 Å². The van der Waals surface area contributed by atoms with Crippen molar-refractivity contribution in [3.8, 4) is 0 Å². The lowest BCUT2D eigenvalue weighted by Crippen LogP contribution is -2.20. The molecule has 0 N–H and O–H groups in total. The van der Waals surface area contributed by atoms with Gasteiger partial charge in [-0.1, -0.05) is 78.2 Å². The topological polar surface area (TPSA) is 0 Å². The highest BCUT2D eigenvalue weighted by molar-refractivity contribution is 7.10. The van der Waals surface area contributed by atoms with Gasteiger partial charge in [0.25, 0.3) is 0 Å². The molecule has 0 unspecified atom stereocenters. The van der Waals surface area contributed by atoms with E-state index in [0.29, 0.717) is 5.41 Å². The third-order valence-corrected chi connectivity index (χ3v) is 5.46. The number of hydrogen-bond acceptors (Lipinski definition) is 1. The largest absolute Gasteiger partial charge is 0.148 e. The Morgan fingerprint density at radius 3 is 1.89 bits per heavy atom. The van der Waals surface area contributed by atoms with E-state index in [1.54, 1.807) is 4.88 Å². The Kier molecular flexibility index (Phi) is 8.45. The molecule has 0 saturated carbocycles. The minimum Gasteiger partial charge on any atom is -0.148 e. The first kappa shape index (κ1) is 16.8. The summed E-state index contributed by atoms with van der Waals surface area (Å²) in [5.74, 6) is 0. The fraction of sp³-hybridized carbons (Fsp3) is 0.778. The minimum absolute atomic E-state index is 0.440. The van der Waals surface area contributed by atoms with Crippen molar-refractivity contribution in [2.24, 2.45) is 0 Å². The fourth-order valence-electron chi connectivity index (χ4n) is 2.88. The standard InChI is InChI=1S/C18H32S/c1-4-6-8-10-14-18(3,15-11-9-7-5-2)17-13-12-16-19-17/h12-13,16H,4-11,14-15H2,1-3H3. The first-order chi connectivity index (χ1) is 9.23. The molecule has 0 amide bonds. The molecule has 0 nitrogen and oxygen atoms in total. The van der Waals surface area contributed by atoms with Crippen molar-refractivity contribution in [1.82, 2.24) is 0 Å². The SMILES string of the molecule is CCCCCCC(C)(CCCCCC)c1cccs1. The van der Waals surface area contributed by atoms with Crippen molar-refractivity contribution in [3.05, 3.63) is 22.4 Å². The van der Waals surface area contributed by atoms with Gasteiger partial charge in [-0.25, -0.2) is 0 Å². The Labute approximate surface area is 124 Å². The van der Waals surface area contributed by atoms with Gasteiger partial charge >= 0.3 is 0 Å². The number of hydrogen-bond donors (Lipinski definition) is 0. The second-order valence-electron chi connectivity index (χ2n) is 6.16. The van der Waals surface area contributed by atoms with E-state index in [1.807, 2.05) is 11.3 Å². The molecule has 0 atom stereocenters. The molecular formula is C18H32S. The predicted octanol–water partition coefficient (Wildman–Crippen LogP) is 6.95. The highest BCUT2D eigenvalue weighted by atomic mass is 32.1. The number of thiophene rings is 1. The minimum atomic E-state index is 0.440. The van der Waals surface area contributed by atoms with E-state index in [2.05, 4.69) is 38.3 Å². The van der Waals surface area contributed by atoms with Gasteiger partial charge in [-0.3, -0.25) is 0 Å². The highest BCUT2D eigenvalue weighted by Crippen LogP contribution is 2.37. The first-order valence-corrected chi connectivity index (χ1v) is 9.15. The van der Waals surface area contributed by atoms with Gasteiger partial charge in [-0.05, 0) is 24.3 Å². The first-order valence-electron chi connectivity index (χ1n) is 8.27. The van der Waals surface area contributed by atoms with Crippen molar-refractivity contribution in [2.75, 3.05) is 0 Å². The Morgan fingerprint density at radius 1 is 0.895 bits per heavy atom. The van der Waals surface area contributed by atoms with Crippen LogP contribution in [0.15, 0.2) is 17.5 Å². The summed E-state index contributed by atoms with van der Waals surface area (Å²) in [6.07, 6.45) is 13.8. The fourth-order valence-corrected chi connectivity index (χ4v) is 3.83. The zero-order valence-corrected chi connectivity index (χ0v) is 14.0. The van der Waals surface area contributed by atoms with Crippen molar-refractivity contribution < 1.29 is 0 Å². The molecule has 110 valence electrons. The van der Waals surface area contributed by atoms with Gasteiger partial charge in [-0.15, -0.1) is 11.3 Å². The molecule has 0 aliphatic carbocycles. The molecule has 1 heteroatoms. The second-order valence-corrected chi connectivity index (χ2v) is 7.11. The van der Waals surface area contributed by atoms with Crippen LogP contribution in [-0.2, 0) is 5.41 Å². The molecule has 0 aromatic carbocycles. The quantitative estimate of drug-likeness (QED) is 0.385. The molecule has 0 saturated heterocycles. The summed E-state index contributed by atoms with van der Waals surface area (Å²) in [6.45, 7) is 7.09. The van der Waals surface area contributed by atoms with E-state index >= 15 is 0 Å². The van der Waals surface area contributed by atoms with E-state index in [1.165, 1.54) is 64.2 Å². The van der Waals surface area contributed by atoms with Crippen LogP contribution >= 0.6 is 11.3 Å². The van der Waals surface area contributed by atoms with Crippen LogP contribution in [0.25, 0.3) is 0 Å². The maximum Gasteiger partial charge on any atom is 0.0104 e.